The molecule has 1 saturated carbocycles. The highest BCUT2D eigenvalue weighted by Crippen LogP contribution is 2.27. The first-order valence-corrected chi connectivity index (χ1v) is 7.97. The highest BCUT2D eigenvalue weighted by Gasteiger charge is 2.25. The zero-order chi connectivity index (χ0) is 15.7. The van der Waals surface area contributed by atoms with Gasteiger partial charge in [0.2, 0.25) is 5.91 Å². The molecule has 2 N–H and O–H groups in total. The maximum Gasteiger partial charge on any atom is 0.224 e. The first-order valence-electron chi connectivity index (χ1n) is 7.97. The van der Waals surface area contributed by atoms with E-state index in [1.165, 1.54) is 5.56 Å². The van der Waals surface area contributed by atoms with Crippen LogP contribution < -0.4 is 5.32 Å². The molecule has 4 nitrogen and oxygen atoms in total. The van der Waals surface area contributed by atoms with E-state index in [-0.39, 0.29) is 17.9 Å². The number of nitrogens with one attached hydrogen (secondary N) is 1. The quantitative estimate of drug-likeness (QED) is 0.913. The lowest BCUT2D eigenvalue weighted by Gasteiger charge is -2.14. The van der Waals surface area contributed by atoms with Gasteiger partial charge >= 0.3 is 0 Å². The van der Waals surface area contributed by atoms with Crippen molar-refractivity contribution in [2.24, 2.45) is 5.92 Å². The summed E-state index contributed by atoms with van der Waals surface area (Å²) in [5, 5.41) is 13.7. The number of aryl methyl sites for hydroxylation is 2. The summed E-state index contributed by atoms with van der Waals surface area (Å²) >= 11 is 0. The van der Waals surface area contributed by atoms with Crippen LogP contribution in [0.25, 0.3) is 11.0 Å². The SMILES string of the molecule is Cc1ccc2c(CC(=O)NCC3CCCC3O)coc2c1C. The molecule has 3 rings (SSSR count). The number of benzene rings is 1. The number of carbonyl (C=O) groups is 1. The molecule has 1 fully saturated rings. The number of amides is 1. The van der Waals surface area contributed by atoms with Gasteiger partial charge in [0.05, 0.1) is 18.8 Å². The van der Waals surface area contributed by atoms with Crippen LogP contribution in [0.3, 0.4) is 0 Å². The summed E-state index contributed by atoms with van der Waals surface area (Å²) in [5.41, 5.74) is 4.10. The molecule has 1 amide bonds. The van der Waals surface area contributed by atoms with Gasteiger partial charge in [0.1, 0.15) is 5.58 Å². The second-order valence-corrected chi connectivity index (χ2v) is 6.38. The summed E-state index contributed by atoms with van der Waals surface area (Å²) in [6, 6.07) is 4.08. The van der Waals surface area contributed by atoms with Crippen LogP contribution in [-0.4, -0.2) is 23.7 Å². The molecule has 4 heteroatoms. The molecule has 1 aliphatic carbocycles. The highest BCUT2D eigenvalue weighted by molar-refractivity contribution is 5.89. The van der Waals surface area contributed by atoms with Crippen molar-refractivity contribution in [1.29, 1.82) is 0 Å². The van der Waals surface area contributed by atoms with Gasteiger partial charge in [-0.15, -0.1) is 0 Å². The monoisotopic (exact) mass is 301 g/mol. The van der Waals surface area contributed by atoms with Gasteiger partial charge in [-0.05, 0) is 37.8 Å². The molecule has 0 aliphatic heterocycles. The summed E-state index contributed by atoms with van der Waals surface area (Å²) in [7, 11) is 0. The fourth-order valence-corrected chi connectivity index (χ4v) is 3.26. The van der Waals surface area contributed by atoms with Crippen molar-refractivity contribution in [2.75, 3.05) is 6.54 Å². The predicted molar refractivity (Wildman–Crippen MR) is 85.7 cm³/mol. The van der Waals surface area contributed by atoms with Crippen LogP contribution >= 0.6 is 0 Å². The van der Waals surface area contributed by atoms with Gasteiger partial charge in [-0.1, -0.05) is 18.6 Å². The third-order valence-corrected chi connectivity index (χ3v) is 4.87. The zero-order valence-corrected chi connectivity index (χ0v) is 13.2. The van der Waals surface area contributed by atoms with Crippen LogP contribution in [-0.2, 0) is 11.2 Å². The molecule has 0 saturated heterocycles. The van der Waals surface area contributed by atoms with Crippen molar-refractivity contribution in [1.82, 2.24) is 5.32 Å². The first-order chi connectivity index (χ1) is 10.6. The van der Waals surface area contributed by atoms with Gasteiger partial charge in [-0.3, -0.25) is 4.79 Å². The van der Waals surface area contributed by atoms with E-state index in [1.807, 2.05) is 13.0 Å². The van der Waals surface area contributed by atoms with E-state index < -0.39 is 0 Å². The summed E-state index contributed by atoms with van der Waals surface area (Å²) < 4.78 is 5.64. The number of hydrogen-bond acceptors (Lipinski definition) is 3. The number of carbonyl (C=O) groups excluding carboxylic acids is 1. The van der Waals surface area contributed by atoms with Crippen molar-refractivity contribution in [3.05, 3.63) is 35.1 Å². The Hall–Kier alpha value is -1.81. The van der Waals surface area contributed by atoms with E-state index in [0.717, 1.165) is 41.4 Å². The fourth-order valence-electron chi connectivity index (χ4n) is 3.26. The van der Waals surface area contributed by atoms with Crippen molar-refractivity contribution in [3.63, 3.8) is 0 Å². The second-order valence-electron chi connectivity index (χ2n) is 6.38. The Balaban J connectivity index is 1.65. The summed E-state index contributed by atoms with van der Waals surface area (Å²) in [6.07, 6.45) is 4.63. The zero-order valence-electron chi connectivity index (χ0n) is 13.2. The normalized spacial score (nSPS) is 21.4. The predicted octanol–water partition coefficient (Wildman–Crippen LogP) is 2.87. The largest absolute Gasteiger partial charge is 0.464 e. The lowest BCUT2D eigenvalue weighted by Crippen LogP contribution is -2.33. The van der Waals surface area contributed by atoms with E-state index in [1.54, 1.807) is 6.26 Å². The third-order valence-electron chi connectivity index (χ3n) is 4.87. The lowest BCUT2D eigenvalue weighted by atomic mass is 10.0. The van der Waals surface area contributed by atoms with E-state index in [2.05, 4.69) is 18.3 Å². The Morgan fingerprint density at radius 2 is 2.18 bits per heavy atom. The van der Waals surface area contributed by atoms with E-state index in [0.29, 0.717) is 13.0 Å². The van der Waals surface area contributed by atoms with Crippen LogP contribution in [0, 0.1) is 19.8 Å². The number of rotatable bonds is 4. The molecule has 2 unspecified atom stereocenters. The van der Waals surface area contributed by atoms with Gasteiger partial charge < -0.3 is 14.8 Å². The minimum atomic E-state index is -0.263. The summed E-state index contributed by atoms with van der Waals surface area (Å²) in [4.78, 5) is 12.1. The summed E-state index contributed by atoms with van der Waals surface area (Å²) in [6.45, 7) is 4.65. The number of aliphatic hydroxyl groups excluding tert-OH is 1. The Morgan fingerprint density at radius 3 is 2.91 bits per heavy atom. The molecule has 1 aromatic carbocycles. The van der Waals surface area contributed by atoms with Gasteiger partial charge in [-0.25, -0.2) is 0 Å². The van der Waals surface area contributed by atoms with E-state index in [4.69, 9.17) is 4.42 Å². The second kappa shape index (κ2) is 6.13. The van der Waals surface area contributed by atoms with Crippen LogP contribution in [0.2, 0.25) is 0 Å². The number of hydrogen-bond donors (Lipinski definition) is 2. The first kappa shape index (κ1) is 15.1. The minimum Gasteiger partial charge on any atom is -0.464 e. The van der Waals surface area contributed by atoms with Gasteiger partial charge in [0.25, 0.3) is 0 Å². The number of fused-ring (bicyclic) bond motifs is 1. The van der Waals surface area contributed by atoms with Crippen molar-refractivity contribution in [2.45, 2.75) is 45.6 Å². The molecule has 0 spiro atoms. The molecular formula is C18H23NO3. The molecule has 0 radical (unpaired) electrons. The third kappa shape index (κ3) is 2.88. The van der Waals surface area contributed by atoms with Crippen molar-refractivity contribution < 1.29 is 14.3 Å². The Morgan fingerprint density at radius 1 is 1.36 bits per heavy atom. The molecule has 118 valence electrons. The van der Waals surface area contributed by atoms with Crippen LogP contribution in [0.4, 0.5) is 0 Å². The Kier molecular flexibility index (Phi) is 4.21. The number of furan rings is 1. The van der Waals surface area contributed by atoms with Crippen molar-refractivity contribution in [3.8, 4) is 0 Å². The molecule has 1 aromatic heterocycles. The van der Waals surface area contributed by atoms with Gasteiger partial charge in [0.15, 0.2) is 0 Å². The smallest absolute Gasteiger partial charge is 0.224 e. The maximum absolute atomic E-state index is 12.1. The summed E-state index contributed by atoms with van der Waals surface area (Å²) in [5.74, 6) is 0.190. The standard InChI is InChI=1S/C18H23NO3/c1-11-6-7-15-14(10-22-18(15)12(11)2)8-17(21)19-9-13-4-3-5-16(13)20/h6-7,10,13,16,20H,3-5,8-9H2,1-2H3,(H,19,21). The van der Waals surface area contributed by atoms with Crippen LogP contribution in [0.15, 0.2) is 22.8 Å². The lowest BCUT2D eigenvalue weighted by molar-refractivity contribution is -0.120. The highest BCUT2D eigenvalue weighted by atomic mass is 16.3. The average molecular weight is 301 g/mol. The Labute approximate surface area is 130 Å². The molecular weight excluding hydrogens is 278 g/mol. The van der Waals surface area contributed by atoms with Gasteiger partial charge in [0, 0.05) is 23.4 Å². The van der Waals surface area contributed by atoms with Crippen LogP contribution in [0.1, 0.15) is 36.0 Å². The van der Waals surface area contributed by atoms with E-state index >= 15 is 0 Å². The molecule has 2 atom stereocenters. The Bertz CT molecular complexity index is 689. The van der Waals surface area contributed by atoms with Crippen molar-refractivity contribution >= 4 is 16.9 Å². The molecule has 0 bridgehead atoms. The fraction of sp³-hybridized carbons (Fsp3) is 0.500. The molecule has 2 aromatic rings. The number of aliphatic hydroxyl groups is 1. The molecule has 22 heavy (non-hydrogen) atoms. The molecule has 1 aliphatic rings. The minimum absolute atomic E-state index is 0.0139. The van der Waals surface area contributed by atoms with Gasteiger partial charge in [-0.2, -0.15) is 0 Å². The van der Waals surface area contributed by atoms with E-state index in [9.17, 15) is 9.90 Å². The van der Waals surface area contributed by atoms with Crippen LogP contribution in [0.5, 0.6) is 0 Å². The maximum atomic E-state index is 12.1. The topological polar surface area (TPSA) is 62.5 Å². The molecule has 1 heterocycles. The average Bonchev–Trinajstić information content (AvgIpc) is 3.08.